The minimum absolute atomic E-state index is 0.149. The fraction of sp³-hybridized carbons (Fsp3) is 0.500. The largest absolute Gasteiger partial charge is 0.338 e. The van der Waals surface area contributed by atoms with Crippen molar-refractivity contribution in [3.63, 3.8) is 0 Å². The van der Waals surface area contributed by atoms with Crippen molar-refractivity contribution in [2.45, 2.75) is 19.8 Å². The molecule has 1 heterocycles. The minimum Gasteiger partial charge on any atom is -0.338 e. The molecular formula is C14H19ClN2O3S. The molecule has 1 aliphatic heterocycles. The van der Waals surface area contributed by atoms with Gasteiger partial charge in [-0.05, 0) is 37.0 Å². The second-order valence-electron chi connectivity index (χ2n) is 5.57. The van der Waals surface area contributed by atoms with Crippen molar-refractivity contribution in [3.05, 3.63) is 28.8 Å². The molecule has 0 saturated carbocycles. The number of amides is 1. The van der Waals surface area contributed by atoms with Crippen LogP contribution in [0.2, 0.25) is 5.02 Å². The third kappa shape index (κ3) is 4.35. The van der Waals surface area contributed by atoms with Gasteiger partial charge in [0.2, 0.25) is 10.0 Å². The van der Waals surface area contributed by atoms with Crippen LogP contribution < -0.4 is 4.72 Å². The number of benzene rings is 1. The van der Waals surface area contributed by atoms with E-state index in [9.17, 15) is 13.2 Å². The second kappa shape index (κ2) is 6.23. The lowest BCUT2D eigenvalue weighted by atomic mass is 9.99. The van der Waals surface area contributed by atoms with Crippen LogP contribution in [0.4, 0.5) is 5.69 Å². The molecule has 5 nitrogen and oxygen atoms in total. The van der Waals surface area contributed by atoms with Gasteiger partial charge in [-0.1, -0.05) is 18.5 Å². The Morgan fingerprint density at radius 3 is 2.76 bits per heavy atom. The zero-order valence-corrected chi connectivity index (χ0v) is 13.7. The van der Waals surface area contributed by atoms with Crippen LogP contribution in [0.15, 0.2) is 18.2 Å². The molecule has 7 heteroatoms. The molecule has 116 valence electrons. The highest BCUT2D eigenvalue weighted by Gasteiger charge is 2.24. The number of nitrogens with one attached hydrogen (secondary N) is 1. The quantitative estimate of drug-likeness (QED) is 0.926. The molecule has 1 aromatic carbocycles. The van der Waals surface area contributed by atoms with Gasteiger partial charge in [-0.15, -0.1) is 0 Å². The van der Waals surface area contributed by atoms with Gasteiger partial charge in [0.25, 0.3) is 5.91 Å². The van der Waals surface area contributed by atoms with Crippen molar-refractivity contribution in [1.82, 2.24) is 4.90 Å². The Morgan fingerprint density at radius 1 is 1.43 bits per heavy atom. The Balaban J connectivity index is 2.25. The van der Waals surface area contributed by atoms with Gasteiger partial charge in [0, 0.05) is 18.8 Å². The van der Waals surface area contributed by atoms with Crippen molar-refractivity contribution < 1.29 is 13.2 Å². The number of hydrogen-bond donors (Lipinski definition) is 1. The van der Waals surface area contributed by atoms with Crippen molar-refractivity contribution in [2.75, 3.05) is 24.1 Å². The number of piperidine rings is 1. The number of hydrogen-bond acceptors (Lipinski definition) is 3. The summed E-state index contributed by atoms with van der Waals surface area (Å²) in [6, 6.07) is 4.57. The molecule has 1 fully saturated rings. The topological polar surface area (TPSA) is 66.5 Å². The van der Waals surface area contributed by atoms with Crippen LogP contribution in [0.5, 0.6) is 0 Å². The SMILES string of the molecule is CC1CCCN(C(=O)c2cc(NS(C)(=O)=O)ccc2Cl)C1. The van der Waals surface area contributed by atoms with Crippen LogP contribution in [0.1, 0.15) is 30.1 Å². The zero-order valence-electron chi connectivity index (χ0n) is 12.1. The predicted molar refractivity (Wildman–Crippen MR) is 84.2 cm³/mol. The van der Waals surface area contributed by atoms with Crippen molar-refractivity contribution in [1.29, 1.82) is 0 Å². The van der Waals surface area contributed by atoms with Gasteiger partial charge >= 0.3 is 0 Å². The van der Waals surface area contributed by atoms with E-state index in [1.165, 1.54) is 12.1 Å². The standard InChI is InChI=1S/C14H19ClN2O3S/c1-10-4-3-7-17(9-10)14(18)12-8-11(5-6-13(12)15)16-21(2,19)20/h5-6,8,10,16H,3-4,7,9H2,1-2H3. The van der Waals surface area contributed by atoms with Crippen LogP contribution >= 0.6 is 11.6 Å². The van der Waals surface area contributed by atoms with Crippen LogP contribution in [-0.2, 0) is 10.0 Å². The van der Waals surface area contributed by atoms with E-state index in [0.29, 0.717) is 35.3 Å². The first kappa shape index (κ1) is 16.1. The van der Waals surface area contributed by atoms with Gasteiger partial charge < -0.3 is 4.90 Å². The number of carbonyl (C=O) groups is 1. The highest BCUT2D eigenvalue weighted by molar-refractivity contribution is 7.92. The number of nitrogens with zero attached hydrogens (tertiary/aromatic N) is 1. The number of halogens is 1. The highest BCUT2D eigenvalue weighted by atomic mass is 35.5. The first-order valence-electron chi connectivity index (χ1n) is 6.83. The van der Waals surface area contributed by atoms with E-state index in [4.69, 9.17) is 11.6 Å². The number of likely N-dealkylation sites (tertiary alicyclic amines) is 1. The fourth-order valence-corrected chi connectivity index (χ4v) is 3.26. The normalized spacial score (nSPS) is 19.4. The Bertz CT molecular complexity index is 646. The van der Waals surface area contributed by atoms with Gasteiger partial charge in [0.15, 0.2) is 0 Å². The van der Waals surface area contributed by atoms with E-state index in [1.807, 2.05) is 0 Å². The molecule has 1 atom stereocenters. The van der Waals surface area contributed by atoms with E-state index in [0.717, 1.165) is 19.1 Å². The zero-order chi connectivity index (χ0) is 15.6. The molecule has 1 aliphatic rings. The summed E-state index contributed by atoms with van der Waals surface area (Å²) in [7, 11) is -3.38. The molecule has 1 N–H and O–H groups in total. The summed E-state index contributed by atoms with van der Waals surface area (Å²) in [5.74, 6) is 0.322. The smallest absolute Gasteiger partial charge is 0.255 e. The van der Waals surface area contributed by atoms with Gasteiger partial charge in [-0.3, -0.25) is 9.52 Å². The first-order chi connectivity index (χ1) is 9.76. The van der Waals surface area contributed by atoms with Crippen molar-refractivity contribution in [3.8, 4) is 0 Å². The molecule has 1 amide bonds. The Hall–Kier alpha value is -1.27. The lowest BCUT2D eigenvalue weighted by Gasteiger charge is -2.31. The number of anilines is 1. The summed E-state index contributed by atoms with van der Waals surface area (Å²) in [5.41, 5.74) is 0.676. The van der Waals surface area contributed by atoms with Crippen molar-refractivity contribution in [2.24, 2.45) is 5.92 Å². The maximum atomic E-state index is 12.5. The van der Waals surface area contributed by atoms with E-state index in [-0.39, 0.29) is 5.91 Å². The lowest BCUT2D eigenvalue weighted by molar-refractivity contribution is 0.0683. The summed E-state index contributed by atoms with van der Waals surface area (Å²) in [4.78, 5) is 14.3. The predicted octanol–water partition coefficient (Wildman–Crippen LogP) is 2.58. The molecule has 0 aliphatic carbocycles. The first-order valence-corrected chi connectivity index (χ1v) is 9.10. The van der Waals surface area contributed by atoms with Gasteiger partial charge in [-0.2, -0.15) is 0 Å². The Morgan fingerprint density at radius 2 is 2.14 bits per heavy atom. The maximum Gasteiger partial charge on any atom is 0.255 e. The maximum absolute atomic E-state index is 12.5. The third-order valence-electron chi connectivity index (χ3n) is 3.44. The molecule has 1 aromatic rings. The molecule has 1 unspecified atom stereocenters. The van der Waals surface area contributed by atoms with Gasteiger partial charge in [0.05, 0.1) is 16.8 Å². The molecular weight excluding hydrogens is 312 g/mol. The average molecular weight is 331 g/mol. The second-order valence-corrected chi connectivity index (χ2v) is 7.72. The van der Waals surface area contributed by atoms with E-state index in [2.05, 4.69) is 11.6 Å². The van der Waals surface area contributed by atoms with E-state index >= 15 is 0 Å². The lowest BCUT2D eigenvalue weighted by Crippen LogP contribution is -2.39. The molecule has 0 radical (unpaired) electrons. The Kier molecular flexibility index (Phi) is 4.78. The summed E-state index contributed by atoms with van der Waals surface area (Å²) >= 11 is 6.09. The monoisotopic (exact) mass is 330 g/mol. The average Bonchev–Trinajstić information content (AvgIpc) is 2.38. The summed E-state index contributed by atoms with van der Waals surface area (Å²) in [5, 5.41) is 0.331. The molecule has 0 spiro atoms. The molecule has 0 bridgehead atoms. The van der Waals surface area contributed by atoms with E-state index < -0.39 is 10.0 Å². The van der Waals surface area contributed by atoms with Gasteiger partial charge in [0.1, 0.15) is 0 Å². The molecule has 0 aromatic heterocycles. The highest BCUT2D eigenvalue weighted by Crippen LogP contribution is 2.25. The third-order valence-corrected chi connectivity index (χ3v) is 4.38. The fourth-order valence-electron chi connectivity index (χ4n) is 2.51. The summed E-state index contributed by atoms with van der Waals surface area (Å²) in [6.45, 7) is 3.53. The minimum atomic E-state index is -3.38. The van der Waals surface area contributed by atoms with Crippen LogP contribution in [0.25, 0.3) is 0 Å². The molecule has 21 heavy (non-hydrogen) atoms. The summed E-state index contributed by atoms with van der Waals surface area (Å²) < 4.78 is 24.9. The summed E-state index contributed by atoms with van der Waals surface area (Å²) in [6.07, 6.45) is 3.16. The van der Waals surface area contributed by atoms with Crippen LogP contribution in [0.3, 0.4) is 0 Å². The number of rotatable bonds is 3. The van der Waals surface area contributed by atoms with Gasteiger partial charge in [-0.25, -0.2) is 8.42 Å². The number of sulfonamides is 1. The molecule has 1 saturated heterocycles. The van der Waals surface area contributed by atoms with E-state index in [1.54, 1.807) is 11.0 Å². The van der Waals surface area contributed by atoms with Crippen molar-refractivity contribution >= 4 is 33.2 Å². The Labute approximate surface area is 130 Å². The van der Waals surface area contributed by atoms with Crippen LogP contribution in [-0.4, -0.2) is 38.6 Å². The molecule has 2 rings (SSSR count). The van der Waals surface area contributed by atoms with Crippen LogP contribution in [0, 0.1) is 5.92 Å². The number of carbonyl (C=O) groups excluding carboxylic acids is 1.